The Balaban J connectivity index is 0.00000392. The molecule has 2 aromatic rings. The summed E-state index contributed by atoms with van der Waals surface area (Å²) in [6, 6.07) is 10.7. The van der Waals surface area contributed by atoms with E-state index in [1.807, 2.05) is 24.1 Å². The Morgan fingerprint density at radius 3 is 2.57 bits per heavy atom. The highest BCUT2D eigenvalue weighted by Crippen LogP contribution is 2.15. The molecule has 7 nitrogen and oxygen atoms in total. The minimum atomic E-state index is -0.149. The van der Waals surface area contributed by atoms with Crippen molar-refractivity contribution in [1.29, 1.82) is 0 Å². The molecule has 28 heavy (non-hydrogen) atoms. The number of carbonyl (C=O) groups excluding carboxylic acids is 1. The van der Waals surface area contributed by atoms with E-state index in [-0.39, 0.29) is 29.9 Å². The number of pyridine rings is 1. The predicted octanol–water partition coefficient (Wildman–Crippen LogP) is 2.67. The van der Waals surface area contributed by atoms with Gasteiger partial charge in [-0.1, -0.05) is 11.6 Å². The summed E-state index contributed by atoms with van der Waals surface area (Å²) in [6.07, 6.45) is 3.17. The maximum Gasteiger partial charge on any atom is 0.252 e. The van der Waals surface area contributed by atoms with Gasteiger partial charge in [0.25, 0.3) is 5.91 Å². The van der Waals surface area contributed by atoms with Crippen molar-refractivity contribution in [2.45, 2.75) is 0 Å². The molecule has 0 unspecified atom stereocenters. The zero-order chi connectivity index (χ0) is 19.5. The van der Waals surface area contributed by atoms with Gasteiger partial charge in [-0.3, -0.25) is 14.8 Å². The van der Waals surface area contributed by atoms with Crippen molar-refractivity contribution in [3.8, 4) is 5.75 Å². The van der Waals surface area contributed by atoms with Gasteiger partial charge in [0.05, 0.1) is 12.1 Å². The van der Waals surface area contributed by atoms with Gasteiger partial charge in [0.1, 0.15) is 12.4 Å². The molecule has 2 N–H and O–H groups in total. The quantitative estimate of drug-likeness (QED) is 0.244. The number of hydrogen-bond acceptors (Lipinski definition) is 4. The van der Waals surface area contributed by atoms with E-state index in [1.54, 1.807) is 37.5 Å². The number of halogens is 2. The number of likely N-dealkylation sites (N-methyl/N-ethyl adjacent to an activating group) is 1. The number of carbonyl (C=O) groups is 1. The van der Waals surface area contributed by atoms with E-state index in [2.05, 4.69) is 20.6 Å². The lowest BCUT2D eigenvalue weighted by molar-refractivity contribution is 0.0954. The van der Waals surface area contributed by atoms with Crippen LogP contribution in [0, 0.1) is 0 Å². The normalized spacial score (nSPS) is 10.6. The summed E-state index contributed by atoms with van der Waals surface area (Å²) in [5.74, 6) is 1.35. The van der Waals surface area contributed by atoms with Crippen LogP contribution in [-0.4, -0.2) is 62.1 Å². The summed E-state index contributed by atoms with van der Waals surface area (Å²) in [7, 11) is 3.64. The Morgan fingerprint density at radius 2 is 1.93 bits per heavy atom. The predicted molar refractivity (Wildman–Crippen MR) is 123 cm³/mol. The molecule has 0 bridgehead atoms. The van der Waals surface area contributed by atoms with Crippen LogP contribution >= 0.6 is 35.6 Å². The maximum absolute atomic E-state index is 11.9. The summed E-state index contributed by atoms with van der Waals surface area (Å²) >= 11 is 5.85. The molecule has 0 saturated heterocycles. The van der Waals surface area contributed by atoms with E-state index in [1.165, 1.54) is 6.20 Å². The molecule has 1 aromatic carbocycles. The Hall–Kier alpha value is -2.07. The van der Waals surface area contributed by atoms with Crippen LogP contribution in [0.15, 0.2) is 53.8 Å². The highest BCUT2D eigenvalue weighted by Gasteiger charge is 2.07. The van der Waals surface area contributed by atoms with Gasteiger partial charge < -0.3 is 20.3 Å². The molecule has 0 aliphatic carbocycles. The molecule has 2 rings (SSSR count). The fourth-order valence-corrected chi connectivity index (χ4v) is 2.40. The Morgan fingerprint density at radius 1 is 1.21 bits per heavy atom. The van der Waals surface area contributed by atoms with Crippen molar-refractivity contribution in [2.75, 3.05) is 40.3 Å². The van der Waals surface area contributed by atoms with Crippen molar-refractivity contribution in [3.05, 3.63) is 59.4 Å². The Bertz CT molecular complexity index is 744. The lowest BCUT2D eigenvalue weighted by atomic mass is 10.3. The number of aliphatic imine (C=N–C) groups is 1. The minimum absolute atomic E-state index is 0. The van der Waals surface area contributed by atoms with Crippen LogP contribution in [0.3, 0.4) is 0 Å². The molecule has 0 aliphatic heterocycles. The zero-order valence-electron chi connectivity index (χ0n) is 15.9. The second-order valence-corrected chi connectivity index (χ2v) is 6.13. The van der Waals surface area contributed by atoms with Gasteiger partial charge in [-0.15, -0.1) is 24.0 Å². The van der Waals surface area contributed by atoms with Crippen molar-refractivity contribution < 1.29 is 9.53 Å². The molecule has 1 amide bonds. The topological polar surface area (TPSA) is 78.8 Å². The van der Waals surface area contributed by atoms with Gasteiger partial charge >= 0.3 is 0 Å². The third-order valence-corrected chi connectivity index (χ3v) is 3.95. The second-order valence-electron chi connectivity index (χ2n) is 5.70. The summed E-state index contributed by atoms with van der Waals surface area (Å²) < 4.78 is 5.69. The van der Waals surface area contributed by atoms with Crippen LogP contribution in [0.2, 0.25) is 5.02 Å². The SMILES string of the molecule is CN=C(NCCNC(=O)c1cccnc1)N(C)CCOc1ccc(Cl)cc1.I. The van der Waals surface area contributed by atoms with Gasteiger partial charge in [0, 0.05) is 44.6 Å². The highest BCUT2D eigenvalue weighted by molar-refractivity contribution is 14.0. The first-order valence-corrected chi connectivity index (χ1v) is 8.96. The molecule has 0 aliphatic rings. The van der Waals surface area contributed by atoms with Gasteiger partial charge in [0.15, 0.2) is 5.96 Å². The summed E-state index contributed by atoms with van der Waals surface area (Å²) in [4.78, 5) is 22.1. The molecule has 1 aromatic heterocycles. The number of hydrogen-bond donors (Lipinski definition) is 2. The Kier molecular flexibility index (Phi) is 11.3. The lowest BCUT2D eigenvalue weighted by Crippen LogP contribution is -2.43. The van der Waals surface area contributed by atoms with Crippen LogP contribution in [0.25, 0.3) is 0 Å². The summed E-state index contributed by atoms with van der Waals surface area (Å²) in [5, 5.41) is 6.72. The largest absolute Gasteiger partial charge is 0.492 e. The van der Waals surface area contributed by atoms with E-state index in [4.69, 9.17) is 16.3 Å². The molecular formula is C19H25ClIN5O2. The molecule has 9 heteroatoms. The van der Waals surface area contributed by atoms with E-state index in [0.29, 0.717) is 36.8 Å². The van der Waals surface area contributed by atoms with Crippen LogP contribution in [0.5, 0.6) is 5.75 Å². The molecule has 0 saturated carbocycles. The number of rotatable bonds is 8. The van der Waals surface area contributed by atoms with Crippen molar-refractivity contribution in [3.63, 3.8) is 0 Å². The smallest absolute Gasteiger partial charge is 0.252 e. The monoisotopic (exact) mass is 517 g/mol. The highest BCUT2D eigenvalue weighted by atomic mass is 127. The van der Waals surface area contributed by atoms with Crippen molar-refractivity contribution >= 4 is 47.4 Å². The Labute approximate surface area is 187 Å². The molecule has 0 fully saturated rings. The van der Waals surface area contributed by atoms with Crippen LogP contribution in [0.1, 0.15) is 10.4 Å². The second kappa shape index (κ2) is 13.2. The van der Waals surface area contributed by atoms with E-state index >= 15 is 0 Å². The number of benzene rings is 1. The average Bonchev–Trinajstić information content (AvgIpc) is 2.70. The van der Waals surface area contributed by atoms with Crippen LogP contribution < -0.4 is 15.4 Å². The summed E-state index contributed by atoms with van der Waals surface area (Å²) in [5.41, 5.74) is 0.540. The first-order valence-electron chi connectivity index (χ1n) is 8.58. The fourth-order valence-electron chi connectivity index (χ4n) is 2.27. The van der Waals surface area contributed by atoms with Crippen molar-refractivity contribution in [2.24, 2.45) is 4.99 Å². The number of nitrogens with one attached hydrogen (secondary N) is 2. The molecule has 0 atom stereocenters. The van der Waals surface area contributed by atoms with E-state index in [0.717, 1.165) is 11.7 Å². The van der Waals surface area contributed by atoms with Gasteiger partial charge in [-0.25, -0.2) is 0 Å². The lowest BCUT2D eigenvalue weighted by Gasteiger charge is -2.22. The number of nitrogens with zero attached hydrogens (tertiary/aromatic N) is 3. The number of amides is 1. The number of aromatic nitrogens is 1. The standard InChI is InChI=1S/C19H24ClN5O2.HI/c1-21-19(24-11-10-23-18(26)15-4-3-9-22-14-15)25(2)12-13-27-17-7-5-16(20)6-8-17;/h3-9,14H,10-13H2,1-2H3,(H,21,24)(H,23,26);1H. The van der Waals surface area contributed by atoms with Gasteiger partial charge in [-0.2, -0.15) is 0 Å². The van der Waals surface area contributed by atoms with Gasteiger partial charge in [-0.05, 0) is 36.4 Å². The number of ether oxygens (including phenoxy) is 1. The number of guanidine groups is 1. The third-order valence-electron chi connectivity index (χ3n) is 3.70. The van der Waals surface area contributed by atoms with Crippen LogP contribution in [0.4, 0.5) is 0 Å². The van der Waals surface area contributed by atoms with E-state index in [9.17, 15) is 4.79 Å². The third kappa shape index (κ3) is 8.30. The molecule has 1 heterocycles. The zero-order valence-corrected chi connectivity index (χ0v) is 19.0. The summed E-state index contributed by atoms with van der Waals surface area (Å²) in [6.45, 7) is 2.20. The van der Waals surface area contributed by atoms with Crippen LogP contribution in [-0.2, 0) is 0 Å². The average molecular weight is 518 g/mol. The molecule has 152 valence electrons. The molecule has 0 spiro atoms. The van der Waals surface area contributed by atoms with Crippen molar-refractivity contribution in [1.82, 2.24) is 20.5 Å². The fraction of sp³-hybridized carbons (Fsp3) is 0.316. The maximum atomic E-state index is 11.9. The van der Waals surface area contributed by atoms with Gasteiger partial charge in [0.2, 0.25) is 0 Å². The first kappa shape index (κ1) is 24.0. The first-order chi connectivity index (χ1) is 13.1. The van der Waals surface area contributed by atoms with E-state index < -0.39 is 0 Å². The molecular weight excluding hydrogens is 493 g/mol. The molecule has 0 radical (unpaired) electrons. The minimum Gasteiger partial charge on any atom is -0.492 e.